The summed E-state index contributed by atoms with van der Waals surface area (Å²) >= 11 is 12.3. The van der Waals surface area contributed by atoms with Crippen molar-refractivity contribution in [3.8, 4) is 0 Å². The van der Waals surface area contributed by atoms with Crippen molar-refractivity contribution in [2.24, 2.45) is 0 Å². The number of aromatic nitrogens is 4. The maximum Gasteiger partial charge on any atom is 0.262 e. The zero-order valence-corrected chi connectivity index (χ0v) is 14.4. The van der Waals surface area contributed by atoms with Crippen molar-refractivity contribution in [1.82, 2.24) is 19.7 Å². The second-order valence-electron chi connectivity index (χ2n) is 6.17. The molecule has 2 aromatic heterocycles. The number of benzene rings is 1. The molecule has 1 saturated carbocycles. The third-order valence-corrected chi connectivity index (χ3v) is 5.43. The Labute approximate surface area is 148 Å². The van der Waals surface area contributed by atoms with E-state index in [1.54, 1.807) is 12.3 Å². The molecule has 0 saturated heterocycles. The molecule has 0 bridgehead atoms. The first kappa shape index (κ1) is 15.7. The Bertz CT molecular complexity index is 957. The van der Waals surface area contributed by atoms with Gasteiger partial charge in [-0.3, -0.25) is 4.79 Å². The van der Waals surface area contributed by atoms with E-state index in [1.165, 1.54) is 12.8 Å². The topological polar surface area (TPSA) is 63.6 Å². The highest BCUT2D eigenvalue weighted by molar-refractivity contribution is 6.42. The van der Waals surface area contributed by atoms with Crippen LogP contribution < -0.4 is 5.56 Å². The average molecular weight is 363 g/mol. The molecular weight excluding hydrogens is 347 g/mol. The number of nitrogens with zero attached hydrogens (tertiary/aromatic N) is 3. The van der Waals surface area contributed by atoms with Crippen LogP contribution in [0, 0.1) is 0 Å². The summed E-state index contributed by atoms with van der Waals surface area (Å²) in [5.74, 6) is 0.566. The molecule has 4 rings (SSSR count). The van der Waals surface area contributed by atoms with Gasteiger partial charge in [-0.1, -0.05) is 48.2 Å². The molecule has 0 unspecified atom stereocenters. The van der Waals surface area contributed by atoms with Gasteiger partial charge in [-0.25, -0.2) is 9.67 Å². The summed E-state index contributed by atoms with van der Waals surface area (Å²) in [7, 11) is 0. The van der Waals surface area contributed by atoms with Crippen molar-refractivity contribution in [3.05, 3.63) is 56.2 Å². The van der Waals surface area contributed by atoms with Crippen molar-refractivity contribution in [1.29, 1.82) is 0 Å². The quantitative estimate of drug-likeness (QED) is 0.761. The van der Waals surface area contributed by atoms with E-state index >= 15 is 0 Å². The van der Waals surface area contributed by atoms with Crippen LogP contribution in [0.5, 0.6) is 0 Å². The fraction of sp³-hybridized carbons (Fsp3) is 0.353. The van der Waals surface area contributed by atoms with Crippen LogP contribution in [0.3, 0.4) is 0 Å². The Balaban J connectivity index is 1.77. The predicted octanol–water partition coefficient (Wildman–Crippen LogP) is 4.13. The minimum atomic E-state index is -0.169. The number of hydrogen-bond donors (Lipinski definition) is 1. The normalized spacial score (nSPS) is 15.4. The lowest BCUT2D eigenvalue weighted by Crippen LogP contribution is -2.14. The van der Waals surface area contributed by atoms with Crippen LogP contribution in [0.25, 0.3) is 11.0 Å². The first-order chi connectivity index (χ1) is 11.6. The average Bonchev–Trinajstić information content (AvgIpc) is 3.20. The fourth-order valence-corrected chi connectivity index (χ4v) is 3.73. The van der Waals surface area contributed by atoms with Gasteiger partial charge in [0.1, 0.15) is 11.2 Å². The number of rotatable bonds is 3. The Morgan fingerprint density at radius 3 is 2.83 bits per heavy atom. The fourth-order valence-electron chi connectivity index (χ4n) is 3.35. The van der Waals surface area contributed by atoms with Gasteiger partial charge in [0.25, 0.3) is 5.56 Å². The van der Waals surface area contributed by atoms with Crippen molar-refractivity contribution in [2.75, 3.05) is 0 Å². The molecular formula is C17H16Cl2N4O. The second kappa shape index (κ2) is 6.22. The lowest BCUT2D eigenvalue weighted by Gasteiger charge is -2.11. The zero-order chi connectivity index (χ0) is 16.7. The minimum Gasteiger partial charge on any atom is -0.310 e. The first-order valence-electron chi connectivity index (χ1n) is 8.03. The molecule has 1 fully saturated rings. The third-order valence-electron chi connectivity index (χ3n) is 4.57. The molecule has 7 heteroatoms. The summed E-state index contributed by atoms with van der Waals surface area (Å²) in [5.41, 5.74) is 1.31. The van der Waals surface area contributed by atoms with Gasteiger partial charge in [-0.05, 0) is 24.5 Å². The molecule has 0 aliphatic heterocycles. The van der Waals surface area contributed by atoms with E-state index in [0.717, 1.165) is 18.4 Å². The highest BCUT2D eigenvalue weighted by Gasteiger charge is 2.21. The predicted molar refractivity (Wildman–Crippen MR) is 94.9 cm³/mol. The number of fused-ring (bicyclic) bond motifs is 1. The van der Waals surface area contributed by atoms with Gasteiger partial charge in [-0.2, -0.15) is 5.10 Å². The molecule has 5 nitrogen and oxygen atoms in total. The van der Waals surface area contributed by atoms with Gasteiger partial charge in [0.15, 0.2) is 5.65 Å². The summed E-state index contributed by atoms with van der Waals surface area (Å²) in [6.07, 6.45) is 6.58. The van der Waals surface area contributed by atoms with Crippen LogP contribution in [-0.2, 0) is 6.42 Å². The Morgan fingerprint density at radius 2 is 2.04 bits per heavy atom. The molecule has 1 N–H and O–H groups in total. The molecule has 1 aliphatic carbocycles. The monoisotopic (exact) mass is 362 g/mol. The Kier molecular flexibility index (Phi) is 4.06. The van der Waals surface area contributed by atoms with Crippen LogP contribution in [0.2, 0.25) is 10.0 Å². The molecule has 0 amide bonds. The summed E-state index contributed by atoms with van der Waals surface area (Å²) in [5, 5.41) is 5.92. The molecule has 24 heavy (non-hydrogen) atoms. The van der Waals surface area contributed by atoms with E-state index in [9.17, 15) is 4.79 Å². The first-order valence-corrected chi connectivity index (χ1v) is 8.78. The molecule has 0 atom stereocenters. The van der Waals surface area contributed by atoms with Crippen LogP contribution in [0.1, 0.15) is 43.1 Å². The zero-order valence-electron chi connectivity index (χ0n) is 12.9. The van der Waals surface area contributed by atoms with Crippen LogP contribution in [-0.4, -0.2) is 19.7 Å². The maximum atomic E-state index is 12.4. The Morgan fingerprint density at radius 1 is 1.25 bits per heavy atom. The number of nitrogens with one attached hydrogen (secondary N) is 1. The summed E-state index contributed by atoms with van der Waals surface area (Å²) in [4.78, 5) is 19.8. The lowest BCUT2D eigenvalue weighted by molar-refractivity contribution is 0.478. The SMILES string of the molecule is O=c1[nH]c(Cc2cccc(Cl)c2Cl)nc2c1cnn2C1CCCC1. The Hall–Kier alpha value is -1.85. The van der Waals surface area contributed by atoms with E-state index in [2.05, 4.69) is 15.1 Å². The van der Waals surface area contributed by atoms with Gasteiger partial charge in [0, 0.05) is 6.42 Å². The second-order valence-corrected chi connectivity index (χ2v) is 6.95. The van der Waals surface area contributed by atoms with Crippen molar-refractivity contribution in [2.45, 2.75) is 38.1 Å². The van der Waals surface area contributed by atoms with Crippen LogP contribution >= 0.6 is 23.2 Å². The maximum absolute atomic E-state index is 12.4. The largest absolute Gasteiger partial charge is 0.310 e. The van der Waals surface area contributed by atoms with Gasteiger partial charge < -0.3 is 4.98 Å². The number of H-pyrrole nitrogens is 1. The third kappa shape index (κ3) is 2.72. The standard InChI is InChI=1S/C17H16Cl2N4O/c18-13-7-3-4-10(15(13)19)8-14-21-16-12(17(24)22-14)9-20-23(16)11-5-1-2-6-11/h3-4,7,9,11H,1-2,5-6,8H2,(H,21,22,24). The number of hydrogen-bond acceptors (Lipinski definition) is 3. The molecule has 1 aromatic carbocycles. The summed E-state index contributed by atoms with van der Waals surface area (Å²) < 4.78 is 1.90. The summed E-state index contributed by atoms with van der Waals surface area (Å²) in [6, 6.07) is 5.79. The molecule has 2 heterocycles. The van der Waals surface area contributed by atoms with E-state index in [1.807, 2.05) is 16.8 Å². The molecule has 0 spiro atoms. The molecule has 0 radical (unpaired) electrons. The summed E-state index contributed by atoms with van der Waals surface area (Å²) in [6.45, 7) is 0. The van der Waals surface area contributed by atoms with E-state index in [0.29, 0.717) is 39.4 Å². The number of aromatic amines is 1. The van der Waals surface area contributed by atoms with E-state index in [4.69, 9.17) is 23.2 Å². The minimum absolute atomic E-state index is 0.169. The van der Waals surface area contributed by atoms with Gasteiger partial charge in [0.2, 0.25) is 0 Å². The van der Waals surface area contributed by atoms with Crippen molar-refractivity contribution in [3.63, 3.8) is 0 Å². The van der Waals surface area contributed by atoms with Gasteiger partial charge in [0.05, 0.1) is 22.3 Å². The van der Waals surface area contributed by atoms with Crippen LogP contribution in [0.15, 0.2) is 29.2 Å². The van der Waals surface area contributed by atoms with Crippen molar-refractivity contribution < 1.29 is 0 Å². The molecule has 124 valence electrons. The number of halogens is 2. The van der Waals surface area contributed by atoms with Gasteiger partial charge in [-0.15, -0.1) is 0 Å². The van der Waals surface area contributed by atoms with E-state index < -0.39 is 0 Å². The highest BCUT2D eigenvalue weighted by Crippen LogP contribution is 2.31. The van der Waals surface area contributed by atoms with E-state index in [-0.39, 0.29) is 5.56 Å². The molecule has 1 aliphatic rings. The highest BCUT2D eigenvalue weighted by atomic mass is 35.5. The van der Waals surface area contributed by atoms with Gasteiger partial charge >= 0.3 is 0 Å². The smallest absolute Gasteiger partial charge is 0.262 e. The van der Waals surface area contributed by atoms with Crippen molar-refractivity contribution >= 4 is 34.2 Å². The van der Waals surface area contributed by atoms with Crippen LogP contribution in [0.4, 0.5) is 0 Å². The lowest BCUT2D eigenvalue weighted by atomic mass is 10.1. The molecule has 3 aromatic rings.